The van der Waals surface area contributed by atoms with Crippen molar-refractivity contribution >= 4 is 22.7 Å². The fourth-order valence-electron chi connectivity index (χ4n) is 2.28. The monoisotopic (exact) mass is 342 g/mol. The summed E-state index contributed by atoms with van der Waals surface area (Å²) in [6.45, 7) is 0. The summed E-state index contributed by atoms with van der Waals surface area (Å²) in [6, 6.07) is 0. The molecule has 0 aliphatic carbocycles. The highest BCUT2D eigenvalue weighted by molar-refractivity contribution is 7.11. The maximum absolute atomic E-state index is 4.67. The Bertz CT molecular complexity index is 787. The lowest BCUT2D eigenvalue weighted by Crippen LogP contribution is -1.94. The van der Waals surface area contributed by atoms with Gasteiger partial charge in [0.05, 0.1) is 27.8 Å². The maximum Gasteiger partial charge on any atom is 0.112 e. The van der Waals surface area contributed by atoms with Crippen LogP contribution < -0.4 is 0 Å². The maximum atomic E-state index is 4.67. The Hall–Kier alpha value is -2.32. The van der Waals surface area contributed by atoms with E-state index >= 15 is 0 Å². The third-order valence-electron chi connectivity index (χ3n) is 3.31. The van der Waals surface area contributed by atoms with Crippen molar-refractivity contribution in [1.29, 1.82) is 0 Å². The van der Waals surface area contributed by atoms with Crippen LogP contribution in [0.25, 0.3) is 0 Å². The molecule has 0 saturated heterocycles. The van der Waals surface area contributed by atoms with Crippen molar-refractivity contribution in [3.05, 3.63) is 68.6 Å². The SMILES string of the molecule is c1c[nH]c(Cc2csc(Cc3nc(Cc4ncc[nH]4)cs3)n2)n1. The summed E-state index contributed by atoms with van der Waals surface area (Å²) in [5.74, 6) is 1.88. The molecule has 0 atom stereocenters. The van der Waals surface area contributed by atoms with Crippen LogP contribution in [0.5, 0.6) is 0 Å². The van der Waals surface area contributed by atoms with Gasteiger partial charge in [-0.3, -0.25) is 0 Å². The quantitative estimate of drug-likeness (QED) is 0.564. The standard InChI is InChI=1S/C15H14N6S2/c1-2-17-12(16-1)5-10-8-22-14(20-10)7-15-21-11(9-23-15)6-13-18-3-4-19-13/h1-4,8-9H,5-7H2,(H,16,17)(H,18,19). The molecule has 0 amide bonds. The van der Waals surface area contributed by atoms with Gasteiger partial charge in [0.25, 0.3) is 0 Å². The van der Waals surface area contributed by atoms with E-state index in [4.69, 9.17) is 0 Å². The van der Waals surface area contributed by atoms with Crippen LogP contribution in [0.4, 0.5) is 0 Å². The van der Waals surface area contributed by atoms with Crippen LogP contribution in [-0.2, 0) is 19.3 Å². The van der Waals surface area contributed by atoms with Crippen molar-refractivity contribution in [1.82, 2.24) is 29.9 Å². The number of thiazole rings is 2. The number of hydrogen-bond donors (Lipinski definition) is 2. The number of aromatic nitrogens is 6. The molecule has 0 saturated carbocycles. The van der Waals surface area contributed by atoms with E-state index in [9.17, 15) is 0 Å². The molecular weight excluding hydrogens is 328 g/mol. The number of aromatic amines is 2. The van der Waals surface area contributed by atoms with Gasteiger partial charge in [0.2, 0.25) is 0 Å². The minimum Gasteiger partial charge on any atom is -0.348 e. The van der Waals surface area contributed by atoms with Crippen molar-refractivity contribution in [2.45, 2.75) is 19.3 Å². The van der Waals surface area contributed by atoms with E-state index in [1.165, 1.54) is 0 Å². The van der Waals surface area contributed by atoms with Gasteiger partial charge in [-0.05, 0) is 0 Å². The molecule has 0 bridgehead atoms. The average molecular weight is 342 g/mol. The number of nitrogens with one attached hydrogen (secondary N) is 2. The van der Waals surface area contributed by atoms with Crippen molar-refractivity contribution in [3.63, 3.8) is 0 Å². The molecule has 0 aliphatic heterocycles. The molecule has 2 N–H and O–H groups in total. The Morgan fingerprint density at radius 3 is 1.70 bits per heavy atom. The van der Waals surface area contributed by atoms with E-state index in [-0.39, 0.29) is 0 Å². The Balaban J connectivity index is 1.40. The summed E-state index contributed by atoms with van der Waals surface area (Å²) >= 11 is 3.35. The van der Waals surface area contributed by atoms with E-state index in [2.05, 4.69) is 40.7 Å². The Labute approximate surface area is 140 Å². The fourth-order valence-corrected chi connectivity index (χ4v) is 3.97. The Kier molecular flexibility index (Phi) is 3.99. The van der Waals surface area contributed by atoms with E-state index in [0.29, 0.717) is 0 Å². The normalized spacial score (nSPS) is 11.1. The lowest BCUT2D eigenvalue weighted by Gasteiger charge is -1.93. The molecular formula is C15H14N6S2. The van der Waals surface area contributed by atoms with E-state index < -0.39 is 0 Å². The highest BCUT2D eigenvalue weighted by Gasteiger charge is 2.09. The van der Waals surface area contributed by atoms with Crippen LogP contribution in [-0.4, -0.2) is 29.9 Å². The number of hydrogen-bond acceptors (Lipinski definition) is 6. The number of imidazole rings is 2. The molecule has 0 unspecified atom stereocenters. The van der Waals surface area contributed by atoms with Crippen LogP contribution in [0.1, 0.15) is 33.1 Å². The molecule has 4 heterocycles. The second-order valence-corrected chi connectivity index (χ2v) is 6.95. The summed E-state index contributed by atoms with van der Waals surface area (Å²) in [7, 11) is 0. The second kappa shape index (κ2) is 6.43. The minimum absolute atomic E-state index is 0.741. The topological polar surface area (TPSA) is 83.1 Å². The first-order valence-corrected chi connectivity index (χ1v) is 8.94. The highest BCUT2D eigenvalue weighted by atomic mass is 32.1. The summed E-state index contributed by atoms with van der Waals surface area (Å²) in [5.41, 5.74) is 2.10. The van der Waals surface area contributed by atoms with Gasteiger partial charge in [0.1, 0.15) is 11.6 Å². The van der Waals surface area contributed by atoms with E-state index in [0.717, 1.165) is 52.3 Å². The van der Waals surface area contributed by atoms with Crippen LogP contribution in [0.15, 0.2) is 35.5 Å². The van der Waals surface area contributed by atoms with Gasteiger partial charge in [0, 0.05) is 48.4 Å². The van der Waals surface area contributed by atoms with Gasteiger partial charge >= 0.3 is 0 Å². The molecule has 0 aliphatic rings. The predicted octanol–water partition coefficient (Wildman–Crippen LogP) is 2.82. The third kappa shape index (κ3) is 3.54. The molecule has 116 valence electrons. The molecule has 0 spiro atoms. The molecule has 23 heavy (non-hydrogen) atoms. The molecule has 4 rings (SSSR count). The van der Waals surface area contributed by atoms with Crippen molar-refractivity contribution in [3.8, 4) is 0 Å². The van der Waals surface area contributed by atoms with Gasteiger partial charge in [-0.15, -0.1) is 22.7 Å². The third-order valence-corrected chi connectivity index (χ3v) is 5.10. The lowest BCUT2D eigenvalue weighted by atomic mass is 10.3. The molecule has 6 nitrogen and oxygen atoms in total. The van der Waals surface area contributed by atoms with Crippen LogP contribution >= 0.6 is 22.7 Å². The Morgan fingerprint density at radius 1 is 0.739 bits per heavy atom. The zero-order valence-corrected chi connectivity index (χ0v) is 13.8. The van der Waals surface area contributed by atoms with Crippen molar-refractivity contribution in [2.24, 2.45) is 0 Å². The molecule has 0 radical (unpaired) electrons. The van der Waals surface area contributed by atoms with E-state index in [1.807, 2.05) is 12.4 Å². The molecule has 8 heteroatoms. The van der Waals surface area contributed by atoms with Gasteiger partial charge in [-0.2, -0.15) is 0 Å². The highest BCUT2D eigenvalue weighted by Crippen LogP contribution is 2.19. The number of rotatable bonds is 6. The molecule has 0 aromatic carbocycles. The molecule has 4 aromatic rings. The minimum atomic E-state index is 0.741. The van der Waals surface area contributed by atoms with Gasteiger partial charge in [-0.25, -0.2) is 19.9 Å². The zero-order valence-electron chi connectivity index (χ0n) is 12.2. The zero-order chi connectivity index (χ0) is 15.5. The lowest BCUT2D eigenvalue weighted by molar-refractivity contribution is 0.954. The molecule has 0 fully saturated rings. The fraction of sp³-hybridized carbons (Fsp3) is 0.200. The van der Waals surface area contributed by atoms with Crippen LogP contribution in [0.2, 0.25) is 0 Å². The van der Waals surface area contributed by atoms with Gasteiger partial charge in [0.15, 0.2) is 0 Å². The molecule has 4 aromatic heterocycles. The summed E-state index contributed by atoms with van der Waals surface area (Å²) in [6.07, 6.45) is 9.46. The summed E-state index contributed by atoms with van der Waals surface area (Å²) in [5, 5.41) is 6.36. The summed E-state index contributed by atoms with van der Waals surface area (Å²) in [4.78, 5) is 24.0. The predicted molar refractivity (Wildman–Crippen MR) is 89.8 cm³/mol. The van der Waals surface area contributed by atoms with Crippen LogP contribution in [0, 0.1) is 0 Å². The average Bonchev–Trinajstić information content (AvgIpc) is 3.31. The second-order valence-electron chi connectivity index (χ2n) is 5.07. The van der Waals surface area contributed by atoms with E-state index in [1.54, 1.807) is 35.1 Å². The number of nitrogens with zero attached hydrogens (tertiary/aromatic N) is 4. The smallest absolute Gasteiger partial charge is 0.112 e. The van der Waals surface area contributed by atoms with Crippen molar-refractivity contribution in [2.75, 3.05) is 0 Å². The largest absolute Gasteiger partial charge is 0.348 e. The van der Waals surface area contributed by atoms with Crippen molar-refractivity contribution < 1.29 is 0 Å². The Morgan fingerprint density at radius 2 is 1.26 bits per heavy atom. The summed E-state index contributed by atoms with van der Waals surface area (Å²) < 4.78 is 0. The van der Waals surface area contributed by atoms with Gasteiger partial charge < -0.3 is 9.97 Å². The first-order valence-electron chi connectivity index (χ1n) is 7.18. The van der Waals surface area contributed by atoms with Crippen LogP contribution in [0.3, 0.4) is 0 Å². The van der Waals surface area contributed by atoms with Gasteiger partial charge in [-0.1, -0.05) is 0 Å². The first kappa shape index (κ1) is 14.3. The first-order chi connectivity index (χ1) is 11.3. The number of H-pyrrole nitrogens is 2.